The number of thiophene rings is 1. The van der Waals surface area contributed by atoms with Crippen molar-refractivity contribution in [3.8, 4) is 0 Å². The summed E-state index contributed by atoms with van der Waals surface area (Å²) in [6, 6.07) is 9.91. The lowest BCUT2D eigenvalue weighted by atomic mass is 10.1. The van der Waals surface area contributed by atoms with E-state index in [1.807, 2.05) is 24.3 Å². The first-order chi connectivity index (χ1) is 9.34. The molecule has 0 fully saturated rings. The Morgan fingerprint density at radius 2 is 2.16 bits per heavy atom. The van der Waals surface area contributed by atoms with Gasteiger partial charge in [0.15, 0.2) is 0 Å². The highest BCUT2D eigenvalue weighted by Crippen LogP contribution is 2.17. The van der Waals surface area contributed by atoms with E-state index in [-0.39, 0.29) is 5.91 Å². The molecule has 0 atom stereocenters. The van der Waals surface area contributed by atoms with E-state index in [1.165, 1.54) is 5.56 Å². The fraction of sp³-hybridized carbons (Fsp3) is 0.133. The summed E-state index contributed by atoms with van der Waals surface area (Å²) < 4.78 is 0. The van der Waals surface area contributed by atoms with Crippen LogP contribution in [0.3, 0.4) is 0 Å². The molecule has 0 bridgehead atoms. The van der Waals surface area contributed by atoms with E-state index in [0.29, 0.717) is 12.1 Å². The van der Waals surface area contributed by atoms with E-state index in [4.69, 9.17) is 0 Å². The van der Waals surface area contributed by atoms with Crippen molar-refractivity contribution in [3.63, 3.8) is 0 Å². The average Bonchev–Trinajstić information content (AvgIpc) is 3.07. The van der Waals surface area contributed by atoms with Gasteiger partial charge in [0.25, 0.3) is 5.91 Å². The van der Waals surface area contributed by atoms with E-state index < -0.39 is 0 Å². The van der Waals surface area contributed by atoms with Gasteiger partial charge in [-0.25, -0.2) is 0 Å². The number of benzene rings is 1. The van der Waals surface area contributed by atoms with Gasteiger partial charge in [0.05, 0.1) is 5.56 Å². The summed E-state index contributed by atoms with van der Waals surface area (Å²) in [7, 11) is 0. The molecule has 0 aliphatic rings. The van der Waals surface area contributed by atoms with Crippen LogP contribution in [0.4, 0.5) is 0 Å². The average molecular weight is 270 g/mol. The predicted molar refractivity (Wildman–Crippen MR) is 78.7 cm³/mol. The topological polar surface area (TPSA) is 44.9 Å². The zero-order valence-electron chi connectivity index (χ0n) is 10.3. The SMILES string of the molecule is O=C(NCCc1ccsc1)c1c[nH]c2ccccc12. The van der Waals surface area contributed by atoms with E-state index >= 15 is 0 Å². The summed E-state index contributed by atoms with van der Waals surface area (Å²) in [5, 5.41) is 8.09. The molecule has 1 amide bonds. The number of nitrogens with one attached hydrogen (secondary N) is 2. The fourth-order valence-corrected chi connectivity index (χ4v) is 2.81. The number of carbonyl (C=O) groups excluding carboxylic acids is 1. The number of aromatic nitrogens is 1. The molecule has 19 heavy (non-hydrogen) atoms. The zero-order valence-corrected chi connectivity index (χ0v) is 11.2. The van der Waals surface area contributed by atoms with E-state index in [2.05, 4.69) is 27.1 Å². The number of carbonyl (C=O) groups is 1. The Labute approximate surface area is 115 Å². The summed E-state index contributed by atoms with van der Waals surface area (Å²) in [6.07, 6.45) is 2.64. The Morgan fingerprint density at radius 1 is 1.26 bits per heavy atom. The molecule has 0 aliphatic carbocycles. The molecule has 4 heteroatoms. The van der Waals surface area contributed by atoms with Crippen LogP contribution in [0.1, 0.15) is 15.9 Å². The van der Waals surface area contributed by atoms with Crippen molar-refractivity contribution in [1.29, 1.82) is 0 Å². The number of para-hydroxylation sites is 1. The molecule has 0 unspecified atom stereocenters. The maximum atomic E-state index is 12.1. The first kappa shape index (κ1) is 12.0. The largest absolute Gasteiger partial charge is 0.360 e. The molecule has 2 heterocycles. The van der Waals surface area contributed by atoms with Crippen molar-refractivity contribution >= 4 is 28.1 Å². The van der Waals surface area contributed by atoms with Gasteiger partial charge in [0, 0.05) is 23.6 Å². The highest BCUT2D eigenvalue weighted by atomic mass is 32.1. The minimum absolute atomic E-state index is 0.0207. The molecule has 0 saturated carbocycles. The summed E-state index contributed by atoms with van der Waals surface area (Å²) in [5.41, 5.74) is 2.97. The van der Waals surface area contributed by atoms with Gasteiger partial charge in [-0.15, -0.1) is 0 Å². The third kappa shape index (κ3) is 2.53. The molecule has 1 aromatic carbocycles. The Balaban J connectivity index is 1.67. The molecule has 0 saturated heterocycles. The molecule has 2 N–H and O–H groups in total. The maximum absolute atomic E-state index is 12.1. The van der Waals surface area contributed by atoms with Crippen LogP contribution in [0.25, 0.3) is 10.9 Å². The number of fused-ring (bicyclic) bond motifs is 1. The second-order valence-corrected chi connectivity index (χ2v) is 5.17. The third-order valence-electron chi connectivity index (χ3n) is 3.11. The molecule has 2 aromatic heterocycles. The van der Waals surface area contributed by atoms with E-state index in [1.54, 1.807) is 17.5 Å². The molecule has 0 spiro atoms. The van der Waals surface area contributed by atoms with Crippen LogP contribution in [0.15, 0.2) is 47.3 Å². The van der Waals surface area contributed by atoms with Gasteiger partial charge in [-0.05, 0) is 34.9 Å². The van der Waals surface area contributed by atoms with Crippen molar-refractivity contribution in [2.24, 2.45) is 0 Å². The van der Waals surface area contributed by atoms with Crippen molar-refractivity contribution in [2.45, 2.75) is 6.42 Å². The van der Waals surface area contributed by atoms with Gasteiger partial charge in [-0.1, -0.05) is 18.2 Å². The minimum Gasteiger partial charge on any atom is -0.360 e. The highest BCUT2D eigenvalue weighted by molar-refractivity contribution is 7.07. The summed E-state index contributed by atoms with van der Waals surface area (Å²) in [6.45, 7) is 0.662. The van der Waals surface area contributed by atoms with E-state index in [9.17, 15) is 4.79 Å². The van der Waals surface area contributed by atoms with E-state index in [0.717, 1.165) is 17.3 Å². The number of hydrogen-bond donors (Lipinski definition) is 2. The molecule has 0 radical (unpaired) electrons. The molecule has 3 aromatic rings. The summed E-state index contributed by atoms with van der Waals surface area (Å²) in [4.78, 5) is 15.2. The first-order valence-corrected chi connectivity index (χ1v) is 7.14. The normalized spacial score (nSPS) is 10.7. The zero-order chi connectivity index (χ0) is 13.1. The molecule has 0 aliphatic heterocycles. The quantitative estimate of drug-likeness (QED) is 0.751. The standard InChI is InChI=1S/C15H14N2OS/c18-15(16-7-5-11-6-8-19-10-11)13-9-17-14-4-2-1-3-12(13)14/h1-4,6,8-10,17H,5,7H2,(H,16,18). The highest BCUT2D eigenvalue weighted by Gasteiger charge is 2.10. The monoisotopic (exact) mass is 270 g/mol. The van der Waals surface area contributed by atoms with Gasteiger partial charge in [0.2, 0.25) is 0 Å². The van der Waals surface area contributed by atoms with Crippen LogP contribution >= 0.6 is 11.3 Å². The lowest BCUT2D eigenvalue weighted by Gasteiger charge is -2.03. The van der Waals surface area contributed by atoms with Crippen LogP contribution in [0.5, 0.6) is 0 Å². The van der Waals surface area contributed by atoms with Crippen LogP contribution in [0, 0.1) is 0 Å². The Kier molecular flexibility index (Phi) is 3.33. The Morgan fingerprint density at radius 3 is 3.00 bits per heavy atom. The van der Waals surface area contributed by atoms with Crippen LogP contribution < -0.4 is 5.32 Å². The second-order valence-electron chi connectivity index (χ2n) is 4.39. The Hall–Kier alpha value is -2.07. The van der Waals surface area contributed by atoms with Gasteiger partial charge >= 0.3 is 0 Å². The van der Waals surface area contributed by atoms with Crippen LogP contribution in [0.2, 0.25) is 0 Å². The lowest BCUT2D eigenvalue weighted by molar-refractivity contribution is 0.0956. The first-order valence-electron chi connectivity index (χ1n) is 6.20. The number of aromatic amines is 1. The Bertz CT molecular complexity index is 685. The third-order valence-corrected chi connectivity index (χ3v) is 3.85. The van der Waals surface area contributed by atoms with Gasteiger partial charge < -0.3 is 10.3 Å². The van der Waals surface area contributed by atoms with Gasteiger partial charge in [0.1, 0.15) is 0 Å². The maximum Gasteiger partial charge on any atom is 0.253 e. The predicted octanol–water partition coefficient (Wildman–Crippen LogP) is 3.20. The number of amides is 1. The summed E-state index contributed by atoms with van der Waals surface area (Å²) >= 11 is 1.68. The van der Waals surface area contributed by atoms with Crippen molar-refractivity contribution in [2.75, 3.05) is 6.54 Å². The van der Waals surface area contributed by atoms with Gasteiger partial charge in [-0.2, -0.15) is 11.3 Å². The smallest absolute Gasteiger partial charge is 0.253 e. The minimum atomic E-state index is -0.0207. The van der Waals surface area contributed by atoms with Crippen molar-refractivity contribution in [1.82, 2.24) is 10.3 Å². The summed E-state index contributed by atoms with van der Waals surface area (Å²) in [5.74, 6) is -0.0207. The molecule has 96 valence electrons. The number of rotatable bonds is 4. The number of H-pyrrole nitrogens is 1. The molecule has 3 rings (SSSR count). The van der Waals surface area contributed by atoms with Gasteiger partial charge in [-0.3, -0.25) is 4.79 Å². The van der Waals surface area contributed by atoms with Crippen LogP contribution in [-0.4, -0.2) is 17.4 Å². The van der Waals surface area contributed by atoms with Crippen molar-refractivity contribution in [3.05, 3.63) is 58.4 Å². The number of hydrogen-bond acceptors (Lipinski definition) is 2. The molecular formula is C15H14N2OS. The van der Waals surface area contributed by atoms with Crippen LogP contribution in [-0.2, 0) is 6.42 Å². The molecular weight excluding hydrogens is 256 g/mol. The fourth-order valence-electron chi connectivity index (χ4n) is 2.11. The van der Waals surface area contributed by atoms with Crippen molar-refractivity contribution < 1.29 is 4.79 Å². The molecule has 3 nitrogen and oxygen atoms in total. The second kappa shape index (κ2) is 5.28. The lowest BCUT2D eigenvalue weighted by Crippen LogP contribution is -2.25.